The van der Waals surface area contributed by atoms with Crippen molar-refractivity contribution in [2.24, 2.45) is 0 Å². The number of piperazine rings is 1. The number of carbonyl (C=O) groups excluding carboxylic acids is 1. The second-order valence-electron chi connectivity index (χ2n) is 8.95. The van der Waals surface area contributed by atoms with Crippen molar-refractivity contribution in [2.75, 3.05) is 38.2 Å². The van der Waals surface area contributed by atoms with Crippen LogP contribution >= 0.6 is 0 Å². The third-order valence-electron chi connectivity index (χ3n) is 6.77. The van der Waals surface area contributed by atoms with Gasteiger partial charge in [0.1, 0.15) is 11.9 Å². The molecule has 1 aromatic heterocycles. The lowest BCUT2D eigenvalue weighted by Gasteiger charge is -2.38. The van der Waals surface area contributed by atoms with Gasteiger partial charge in [-0.1, -0.05) is 42.5 Å². The van der Waals surface area contributed by atoms with Crippen LogP contribution in [0.1, 0.15) is 12.5 Å². The average molecular weight is 455 g/mol. The molecule has 1 unspecified atom stereocenters. The summed E-state index contributed by atoms with van der Waals surface area (Å²) in [5.41, 5.74) is 7.93. The SMILES string of the molecule is COC(=O)C(C)N1CCN(c2ccc(-c3ccc(-c4nc5ccc(C)cc5[nH]4)cc3)cc2)CC1. The maximum absolute atomic E-state index is 11.8. The van der Waals surface area contributed by atoms with Crippen LogP contribution in [0.4, 0.5) is 5.69 Å². The zero-order valence-corrected chi connectivity index (χ0v) is 19.9. The number of hydrogen-bond acceptors (Lipinski definition) is 5. The topological polar surface area (TPSA) is 61.5 Å². The molecule has 1 aliphatic heterocycles. The molecule has 0 saturated carbocycles. The van der Waals surface area contributed by atoms with Gasteiger partial charge in [0.15, 0.2) is 0 Å². The Morgan fingerprint density at radius 3 is 2.18 bits per heavy atom. The first-order valence-corrected chi connectivity index (χ1v) is 11.8. The molecule has 5 rings (SSSR count). The van der Waals surface area contributed by atoms with E-state index in [1.807, 2.05) is 6.92 Å². The van der Waals surface area contributed by atoms with Crippen molar-refractivity contribution in [3.05, 3.63) is 72.3 Å². The number of imidazole rings is 1. The monoisotopic (exact) mass is 454 g/mol. The Labute approximate surface area is 200 Å². The molecule has 1 fully saturated rings. The number of ether oxygens (including phenoxy) is 1. The second kappa shape index (κ2) is 9.31. The highest BCUT2D eigenvalue weighted by molar-refractivity contribution is 5.80. The molecule has 0 radical (unpaired) electrons. The van der Waals surface area contributed by atoms with E-state index >= 15 is 0 Å². The number of esters is 1. The van der Waals surface area contributed by atoms with Crippen LogP contribution in [-0.2, 0) is 9.53 Å². The van der Waals surface area contributed by atoms with E-state index < -0.39 is 0 Å². The molecule has 174 valence electrons. The summed E-state index contributed by atoms with van der Waals surface area (Å²) in [4.78, 5) is 24.5. The van der Waals surface area contributed by atoms with Crippen molar-refractivity contribution >= 4 is 22.7 Å². The van der Waals surface area contributed by atoms with Crippen LogP contribution in [-0.4, -0.2) is 60.2 Å². The van der Waals surface area contributed by atoms with Gasteiger partial charge < -0.3 is 14.6 Å². The largest absolute Gasteiger partial charge is 0.468 e. The van der Waals surface area contributed by atoms with E-state index in [1.54, 1.807) is 0 Å². The van der Waals surface area contributed by atoms with Crippen molar-refractivity contribution in [1.29, 1.82) is 0 Å². The van der Waals surface area contributed by atoms with Gasteiger partial charge in [0, 0.05) is 37.4 Å². The molecule has 2 heterocycles. The number of aromatic nitrogens is 2. The number of nitrogens with one attached hydrogen (secondary N) is 1. The standard InChI is InChI=1S/C28H30N4O2/c1-19-4-13-25-26(18-19)30-27(29-25)23-7-5-21(6-8-23)22-9-11-24(12-10-22)32-16-14-31(15-17-32)20(2)28(33)34-3/h4-13,18,20H,14-17H2,1-3H3,(H,29,30). The van der Waals surface area contributed by atoms with E-state index in [9.17, 15) is 4.79 Å². The van der Waals surface area contributed by atoms with Gasteiger partial charge in [-0.05, 0) is 54.8 Å². The summed E-state index contributed by atoms with van der Waals surface area (Å²) < 4.78 is 4.88. The third kappa shape index (κ3) is 4.41. The predicted molar refractivity (Wildman–Crippen MR) is 137 cm³/mol. The minimum absolute atomic E-state index is 0.167. The summed E-state index contributed by atoms with van der Waals surface area (Å²) in [5.74, 6) is 0.724. The highest BCUT2D eigenvalue weighted by atomic mass is 16.5. The van der Waals surface area contributed by atoms with Gasteiger partial charge in [-0.3, -0.25) is 9.69 Å². The number of benzene rings is 3. The lowest BCUT2D eigenvalue weighted by atomic mass is 10.0. The lowest BCUT2D eigenvalue weighted by Crippen LogP contribution is -2.52. The van der Waals surface area contributed by atoms with Crippen LogP contribution in [0.25, 0.3) is 33.5 Å². The number of fused-ring (bicyclic) bond motifs is 1. The summed E-state index contributed by atoms with van der Waals surface area (Å²) in [5, 5.41) is 0. The fourth-order valence-electron chi connectivity index (χ4n) is 4.63. The summed E-state index contributed by atoms with van der Waals surface area (Å²) >= 11 is 0. The number of methoxy groups -OCH3 is 1. The number of aromatic amines is 1. The van der Waals surface area contributed by atoms with Crippen molar-refractivity contribution in [3.8, 4) is 22.5 Å². The Balaban J connectivity index is 1.25. The van der Waals surface area contributed by atoms with E-state index in [0.29, 0.717) is 0 Å². The molecule has 0 amide bonds. The van der Waals surface area contributed by atoms with Crippen molar-refractivity contribution in [1.82, 2.24) is 14.9 Å². The van der Waals surface area contributed by atoms with Gasteiger partial charge in [-0.15, -0.1) is 0 Å². The number of H-pyrrole nitrogens is 1. The van der Waals surface area contributed by atoms with Gasteiger partial charge in [0.05, 0.1) is 18.1 Å². The fraction of sp³-hybridized carbons (Fsp3) is 0.286. The molecule has 1 N–H and O–H groups in total. The zero-order valence-electron chi connectivity index (χ0n) is 19.9. The van der Waals surface area contributed by atoms with Gasteiger partial charge in [-0.25, -0.2) is 4.98 Å². The number of anilines is 1. The van der Waals surface area contributed by atoms with Gasteiger partial charge >= 0.3 is 5.97 Å². The predicted octanol–water partition coefficient (Wildman–Crippen LogP) is 4.89. The average Bonchev–Trinajstić information content (AvgIpc) is 3.31. The zero-order chi connectivity index (χ0) is 23.7. The number of nitrogens with zero attached hydrogens (tertiary/aromatic N) is 3. The molecule has 6 heteroatoms. The molecule has 1 atom stereocenters. The Morgan fingerprint density at radius 2 is 1.53 bits per heavy atom. The molecular weight excluding hydrogens is 424 g/mol. The van der Waals surface area contributed by atoms with Gasteiger partial charge in [0.25, 0.3) is 0 Å². The van der Waals surface area contributed by atoms with Crippen LogP contribution in [0.3, 0.4) is 0 Å². The van der Waals surface area contributed by atoms with Crippen LogP contribution < -0.4 is 4.90 Å². The fourth-order valence-corrected chi connectivity index (χ4v) is 4.63. The first kappa shape index (κ1) is 22.2. The number of rotatable bonds is 5. The smallest absolute Gasteiger partial charge is 0.322 e. The molecule has 0 aliphatic carbocycles. The summed E-state index contributed by atoms with van der Waals surface area (Å²) in [6.07, 6.45) is 0. The maximum Gasteiger partial charge on any atom is 0.322 e. The molecule has 1 aliphatic rings. The Hall–Kier alpha value is -3.64. The van der Waals surface area contributed by atoms with Crippen molar-refractivity contribution in [2.45, 2.75) is 19.9 Å². The molecular formula is C28H30N4O2. The third-order valence-corrected chi connectivity index (χ3v) is 6.77. The lowest BCUT2D eigenvalue weighted by molar-refractivity contribution is -0.146. The normalized spacial score (nSPS) is 15.4. The number of carbonyl (C=O) groups is 1. The van der Waals surface area contributed by atoms with E-state index in [0.717, 1.165) is 48.6 Å². The quantitative estimate of drug-likeness (QED) is 0.435. The molecule has 1 saturated heterocycles. The molecule has 34 heavy (non-hydrogen) atoms. The molecule has 0 spiro atoms. The van der Waals surface area contributed by atoms with Crippen LogP contribution in [0.5, 0.6) is 0 Å². The van der Waals surface area contributed by atoms with Crippen LogP contribution in [0, 0.1) is 6.92 Å². The Bertz CT molecular complexity index is 1290. The minimum atomic E-state index is -0.193. The van der Waals surface area contributed by atoms with E-state index in [4.69, 9.17) is 9.72 Å². The summed E-state index contributed by atoms with van der Waals surface area (Å²) in [6.45, 7) is 7.49. The van der Waals surface area contributed by atoms with E-state index in [2.05, 4.69) is 88.4 Å². The van der Waals surface area contributed by atoms with Crippen molar-refractivity contribution < 1.29 is 9.53 Å². The summed E-state index contributed by atoms with van der Waals surface area (Å²) in [6, 6.07) is 23.3. The Morgan fingerprint density at radius 1 is 0.912 bits per heavy atom. The number of hydrogen-bond donors (Lipinski definition) is 1. The molecule has 4 aromatic rings. The van der Waals surface area contributed by atoms with Gasteiger partial charge in [0.2, 0.25) is 0 Å². The van der Waals surface area contributed by atoms with Crippen LogP contribution in [0.2, 0.25) is 0 Å². The number of aryl methyl sites for hydroxylation is 1. The van der Waals surface area contributed by atoms with Crippen molar-refractivity contribution in [3.63, 3.8) is 0 Å². The summed E-state index contributed by atoms with van der Waals surface area (Å²) in [7, 11) is 1.45. The molecule has 3 aromatic carbocycles. The molecule has 6 nitrogen and oxygen atoms in total. The first-order chi connectivity index (χ1) is 16.5. The van der Waals surface area contributed by atoms with Crippen LogP contribution in [0.15, 0.2) is 66.7 Å². The second-order valence-corrected chi connectivity index (χ2v) is 8.95. The Kier molecular flexibility index (Phi) is 6.07. The minimum Gasteiger partial charge on any atom is -0.468 e. The highest BCUT2D eigenvalue weighted by Gasteiger charge is 2.26. The maximum atomic E-state index is 11.8. The van der Waals surface area contributed by atoms with Gasteiger partial charge in [-0.2, -0.15) is 0 Å². The highest BCUT2D eigenvalue weighted by Crippen LogP contribution is 2.27. The molecule has 0 bridgehead atoms. The first-order valence-electron chi connectivity index (χ1n) is 11.8. The van der Waals surface area contributed by atoms with E-state index in [1.165, 1.54) is 29.5 Å². The van der Waals surface area contributed by atoms with E-state index in [-0.39, 0.29) is 12.0 Å².